The number of rotatable bonds is 3. The van der Waals surface area contributed by atoms with Crippen LogP contribution in [0.5, 0.6) is 0 Å². The van der Waals surface area contributed by atoms with Crippen LogP contribution >= 0.6 is 0 Å². The van der Waals surface area contributed by atoms with Crippen LogP contribution in [-0.2, 0) is 0 Å². The van der Waals surface area contributed by atoms with E-state index in [1.807, 2.05) is 0 Å². The van der Waals surface area contributed by atoms with Gasteiger partial charge in [0.15, 0.2) is 0 Å². The van der Waals surface area contributed by atoms with Crippen LogP contribution in [0.25, 0.3) is 6.08 Å². The van der Waals surface area contributed by atoms with Crippen molar-refractivity contribution in [3.05, 3.63) is 41.5 Å². The van der Waals surface area contributed by atoms with E-state index in [1.54, 1.807) is 5.56 Å². The molecule has 0 fully saturated rings. The second-order valence-electron chi connectivity index (χ2n) is 4.09. The molecule has 1 heteroatoms. The highest BCUT2D eigenvalue weighted by Gasteiger charge is 2.27. The highest BCUT2D eigenvalue weighted by molar-refractivity contribution is 6.61. The third-order valence-electron chi connectivity index (χ3n) is 3.39. The maximum Gasteiger partial charge on any atom is 0.276 e. The molecule has 0 nitrogen and oxygen atoms in total. The van der Waals surface area contributed by atoms with Gasteiger partial charge in [-0.3, -0.25) is 0 Å². The van der Waals surface area contributed by atoms with Gasteiger partial charge < -0.3 is 0 Å². The molecule has 0 spiro atoms. The van der Waals surface area contributed by atoms with Crippen LogP contribution < -0.4 is 0 Å². The molecule has 0 aliphatic heterocycles. The van der Waals surface area contributed by atoms with Crippen LogP contribution in [0.3, 0.4) is 0 Å². The Kier molecular flexibility index (Phi) is 3.11. The molecule has 1 aromatic rings. The zero-order valence-corrected chi connectivity index (χ0v) is 10.2. The van der Waals surface area contributed by atoms with Crippen molar-refractivity contribution in [1.82, 2.24) is 0 Å². The van der Waals surface area contributed by atoms with Crippen molar-refractivity contribution in [3.8, 4) is 0 Å². The van der Waals surface area contributed by atoms with Crippen molar-refractivity contribution in [2.75, 3.05) is 0 Å². The molecule has 1 aromatic carbocycles. The van der Waals surface area contributed by atoms with Crippen molar-refractivity contribution in [2.24, 2.45) is 0 Å². The van der Waals surface area contributed by atoms with Gasteiger partial charge in [-0.2, -0.15) is 0 Å². The molecule has 1 atom stereocenters. The molecule has 0 saturated carbocycles. The number of fused-ring (bicyclic) bond motifs is 1. The zero-order valence-electron chi connectivity index (χ0n) is 9.03. The molecule has 0 N–H and O–H groups in total. The molecule has 2 rings (SSSR count). The van der Waals surface area contributed by atoms with E-state index in [4.69, 9.17) is 0 Å². The van der Waals surface area contributed by atoms with Crippen LogP contribution in [-0.4, -0.2) is 14.1 Å². The Morgan fingerprint density at radius 2 is 1.86 bits per heavy atom. The highest BCUT2D eigenvalue weighted by Crippen LogP contribution is 2.33. The first kappa shape index (κ1) is 10.0. The van der Waals surface area contributed by atoms with Gasteiger partial charge in [0.05, 0.1) is 0 Å². The predicted molar refractivity (Wildman–Crippen MR) is 64.9 cm³/mol. The van der Waals surface area contributed by atoms with Gasteiger partial charge in [-0.15, -0.1) is 0 Å². The van der Waals surface area contributed by atoms with Crippen molar-refractivity contribution in [2.45, 2.75) is 29.2 Å². The summed E-state index contributed by atoms with van der Waals surface area (Å²) >= 11 is -0.568. The molecule has 1 aliphatic rings. The average molecular weight is 200 g/mol. The Morgan fingerprint density at radius 3 is 2.57 bits per heavy atom. The third kappa shape index (κ3) is 1.67. The second-order valence-corrected chi connectivity index (χ2v) is 7.96. The molecule has 0 heterocycles. The van der Waals surface area contributed by atoms with Gasteiger partial charge in [0.25, 0.3) is 14.1 Å². The van der Waals surface area contributed by atoms with E-state index in [1.165, 1.54) is 16.1 Å². The van der Waals surface area contributed by atoms with Gasteiger partial charge in [-0.05, 0) is 15.9 Å². The van der Waals surface area contributed by atoms with E-state index in [0.29, 0.717) is 0 Å². The van der Waals surface area contributed by atoms with Crippen LogP contribution in [0.4, 0.5) is 0 Å². The molecule has 14 heavy (non-hydrogen) atoms. The minimum absolute atomic E-state index is 0.568. The first-order valence-corrected chi connectivity index (χ1v) is 7.94. The van der Waals surface area contributed by atoms with Gasteiger partial charge >= 0.3 is 0 Å². The molecule has 0 amide bonds. The Hall–Kier alpha value is -0.508. The van der Waals surface area contributed by atoms with Crippen LogP contribution in [0.15, 0.2) is 30.3 Å². The lowest BCUT2D eigenvalue weighted by Gasteiger charge is -2.15. The molecule has 0 aromatic heterocycles. The lowest BCUT2D eigenvalue weighted by Crippen LogP contribution is -2.18. The molecule has 0 saturated heterocycles. The standard InChI is InChI=1S/C9H7.2C2H5.Al/c1-2-5-9-7-3-6-8(9)4-1;2*1-2;/h1-7H;2*1H2,2H3;. The predicted octanol–water partition coefficient (Wildman–Crippen LogP) is 3.87. The topological polar surface area (TPSA) is 0 Å². The van der Waals surface area contributed by atoms with Gasteiger partial charge in [0, 0.05) is 0 Å². The first-order chi connectivity index (χ1) is 6.86. The summed E-state index contributed by atoms with van der Waals surface area (Å²) in [5, 5.41) is 2.83. The number of benzene rings is 1. The lowest BCUT2D eigenvalue weighted by molar-refractivity contribution is 1.13. The van der Waals surface area contributed by atoms with Crippen molar-refractivity contribution in [3.63, 3.8) is 0 Å². The molecular weight excluding hydrogens is 183 g/mol. The minimum atomic E-state index is -0.568. The Labute approximate surface area is 91.0 Å². The monoisotopic (exact) mass is 200 g/mol. The van der Waals surface area contributed by atoms with Crippen LogP contribution in [0.1, 0.15) is 29.8 Å². The molecule has 0 bridgehead atoms. The first-order valence-electron chi connectivity index (χ1n) is 5.64. The molecule has 1 unspecified atom stereocenters. The van der Waals surface area contributed by atoms with E-state index < -0.39 is 14.1 Å². The largest absolute Gasteiger partial charge is 0.276 e. The lowest BCUT2D eigenvalue weighted by atomic mass is 10.1. The Morgan fingerprint density at radius 1 is 1.14 bits per heavy atom. The molecular formula is C13H17Al. The van der Waals surface area contributed by atoms with Crippen LogP contribution in [0, 0.1) is 0 Å². The Balaban J connectivity index is 2.29. The molecule has 1 aliphatic carbocycles. The van der Waals surface area contributed by atoms with E-state index >= 15 is 0 Å². The molecule has 0 radical (unpaired) electrons. The zero-order chi connectivity index (χ0) is 9.97. The fourth-order valence-corrected chi connectivity index (χ4v) is 5.31. The highest BCUT2D eigenvalue weighted by atomic mass is 27.2. The van der Waals surface area contributed by atoms with Gasteiger partial charge in [0.2, 0.25) is 0 Å². The average Bonchev–Trinajstić information content (AvgIpc) is 2.65. The maximum absolute atomic E-state index is 2.44. The SMILES string of the molecule is C[CH2][Al]([CH2]C)[CH]1C=Cc2ccccc21. The summed E-state index contributed by atoms with van der Waals surface area (Å²) in [6, 6.07) is 8.86. The smallest absolute Gasteiger partial charge is 0.0961 e. The van der Waals surface area contributed by atoms with Gasteiger partial charge in [-0.1, -0.05) is 60.8 Å². The number of hydrogen-bond acceptors (Lipinski definition) is 0. The fraction of sp³-hybridized carbons (Fsp3) is 0.385. The van der Waals surface area contributed by atoms with Gasteiger partial charge in [-0.25, -0.2) is 0 Å². The summed E-state index contributed by atoms with van der Waals surface area (Å²) in [6.07, 6.45) is 4.75. The summed E-state index contributed by atoms with van der Waals surface area (Å²) in [5.74, 6) is 0. The van der Waals surface area contributed by atoms with E-state index in [0.717, 1.165) is 4.78 Å². The van der Waals surface area contributed by atoms with E-state index in [2.05, 4.69) is 50.3 Å². The summed E-state index contributed by atoms with van der Waals surface area (Å²) in [4.78, 5) is 0. The van der Waals surface area contributed by atoms with Crippen molar-refractivity contribution in [1.29, 1.82) is 0 Å². The van der Waals surface area contributed by atoms with Crippen molar-refractivity contribution < 1.29 is 0 Å². The second kappa shape index (κ2) is 4.34. The summed E-state index contributed by atoms with van der Waals surface area (Å²) in [7, 11) is 0. The minimum Gasteiger partial charge on any atom is -0.0961 e. The summed E-state index contributed by atoms with van der Waals surface area (Å²) in [5.41, 5.74) is 3.05. The summed E-state index contributed by atoms with van der Waals surface area (Å²) < 4.78 is 0.807. The number of hydrogen-bond donors (Lipinski definition) is 0. The van der Waals surface area contributed by atoms with E-state index in [-0.39, 0.29) is 0 Å². The van der Waals surface area contributed by atoms with Crippen molar-refractivity contribution >= 4 is 20.2 Å². The Bertz CT molecular complexity index is 337. The fourth-order valence-electron chi connectivity index (χ4n) is 2.48. The quantitative estimate of drug-likeness (QED) is 0.650. The number of allylic oxidation sites excluding steroid dienone is 1. The van der Waals surface area contributed by atoms with Crippen LogP contribution in [0.2, 0.25) is 10.6 Å². The normalized spacial score (nSPS) is 18.3. The summed E-state index contributed by atoms with van der Waals surface area (Å²) in [6.45, 7) is 4.71. The third-order valence-corrected chi connectivity index (χ3v) is 7.09. The van der Waals surface area contributed by atoms with Gasteiger partial charge in [0.1, 0.15) is 0 Å². The van der Waals surface area contributed by atoms with E-state index in [9.17, 15) is 0 Å². The maximum atomic E-state index is 2.44. The molecule has 72 valence electrons.